The molecule has 2 heterocycles. The molecule has 1 fully saturated rings. The highest BCUT2D eigenvalue weighted by Crippen LogP contribution is 2.25. The zero-order chi connectivity index (χ0) is 23.8. The van der Waals surface area contributed by atoms with Crippen LogP contribution in [0, 0.1) is 0 Å². The number of ketones is 1. The summed E-state index contributed by atoms with van der Waals surface area (Å²) in [5.41, 5.74) is 0.632. The normalized spacial score (nSPS) is 16.3. The van der Waals surface area contributed by atoms with Gasteiger partial charge in [0.15, 0.2) is 11.6 Å². The molecule has 1 N–H and O–H groups in total. The zero-order valence-electron chi connectivity index (χ0n) is 17.8. The minimum Gasteiger partial charge on any atom is -0.466 e. The van der Waals surface area contributed by atoms with Crippen molar-refractivity contribution in [3.8, 4) is 0 Å². The van der Waals surface area contributed by atoms with Gasteiger partial charge in [0.2, 0.25) is 0 Å². The Labute approximate surface area is 199 Å². The van der Waals surface area contributed by atoms with E-state index < -0.39 is 30.0 Å². The predicted octanol–water partition coefficient (Wildman–Crippen LogP) is 1.98. The van der Waals surface area contributed by atoms with E-state index >= 15 is 0 Å². The average molecular weight is 500 g/mol. The van der Waals surface area contributed by atoms with Crippen molar-refractivity contribution in [1.29, 1.82) is 0 Å². The Morgan fingerprint density at radius 3 is 2.73 bits per heavy atom. The van der Waals surface area contributed by atoms with Gasteiger partial charge in [-0.3, -0.25) is 9.59 Å². The lowest BCUT2D eigenvalue weighted by Crippen LogP contribution is -2.45. The summed E-state index contributed by atoms with van der Waals surface area (Å²) in [5, 5.41) is 15.3. The highest BCUT2D eigenvalue weighted by molar-refractivity contribution is 6.36. The summed E-state index contributed by atoms with van der Waals surface area (Å²) in [4.78, 5) is 38.0. The van der Waals surface area contributed by atoms with Crippen LogP contribution in [0.3, 0.4) is 0 Å². The molecule has 0 saturated carbocycles. The molecule has 0 bridgehead atoms. The first-order valence-corrected chi connectivity index (χ1v) is 11.0. The van der Waals surface area contributed by atoms with Gasteiger partial charge in [0.25, 0.3) is 0 Å². The van der Waals surface area contributed by atoms with Crippen LogP contribution in [0.15, 0.2) is 18.2 Å². The minimum atomic E-state index is -1.19. The molecule has 1 aliphatic heterocycles. The van der Waals surface area contributed by atoms with Gasteiger partial charge in [-0.25, -0.2) is 4.79 Å². The van der Waals surface area contributed by atoms with Gasteiger partial charge in [0.1, 0.15) is 18.7 Å². The number of nitrogens with one attached hydrogen (secondary N) is 1. The summed E-state index contributed by atoms with van der Waals surface area (Å²) >= 11 is 12.3. The Morgan fingerprint density at radius 2 is 2.06 bits per heavy atom. The Hall–Kier alpha value is -2.76. The fraction of sp³-hybridized carbons (Fsp3) is 0.500. The van der Waals surface area contributed by atoms with Crippen LogP contribution >= 0.6 is 23.2 Å². The van der Waals surface area contributed by atoms with Crippen molar-refractivity contribution < 1.29 is 28.6 Å². The lowest BCUT2D eigenvalue weighted by Gasteiger charge is -2.18. The quantitative estimate of drug-likeness (QED) is 0.486. The zero-order valence-corrected chi connectivity index (χ0v) is 19.3. The second-order valence-corrected chi connectivity index (χ2v) is 7.99. The molecule has 1 aromatic carbocycles. The van der Waals surface area contributed by atoms with Gasteiger partial charge in [0.05, 0.1) is 26.2 Å². The molecular weight excluding hydrogens is 477 g/mol. The first-order valence-electron chi connectivity index (χ1n) is 10.3. The lowest BCUT2D eigenvalue weighted by atomic mass is 10.1. The van der Waals surface area contributed by atoms with Gasteiger partial charge < -0.3 is 19.5 Å². The maximum absolute atomic E-state index is 12.8. The van der Waals surface area contributed by atoms with E-state index in [0.717, 1.165) is 4.80 Å². The molecule has 1 saturated heterocycles. The summed E-state index contributed by atoms with van der Waals surface area (Å²) in [5.74, 6) is -0.864. The van der Waals surface area contributed by atoms with Crippen molar-refractivity contribution in [3.63, 3.8) is 0 Å². The van der Waals surface area contributed by atoms with Gasteiger partial charge in [-0.2, -0.15) is 4.80 Å². The number of Topliss-reactive ketones (excluding diaryl/α,β-unsaturated/α-hetero) is 1. The maximum Gasteiger partial charge on any atom is 0.408 e. The number of carbonyl (C=O) groups is 3. The van der Waals surface area contributed by atoms with E-state index in [1.54, 1.807) is 25.1 Å². The molecule has 13 heteroatoms. The van der Waals surface area contributed by atoms with E-state index in [2.05, 4.69) is 20.7 Å². The third-order valence-electron chi connectivity index (χ3n) is 4.71. The van der Waals surface area contributed by atoms with E-state index in [-0.39, 0.29) is 32.6 Å². The number of esters is 1. The molecule has 0 radical (unpaired) electrons. The molecule has 1 aliphatic rings. The van der Waals surface area contributed by atoms with Crippen molar-refractivity contribution in [2.75, 3.05) is 19.8 Å². The number of halogens is 2. The SMILES string of the molecule is CCOC(=O)CC(NC(=O)OC1CCOC1)C(=O)Cn1nnc(Cc2c(Cl)cccc2Cl)n1. The third-order valence-corrected chi connectivity index (χ3v) is 5.41. The number of nitrogens with zero attached hydrogens (tertiary/aromatic N) is 4. The van der Waals surface area contributed by atoms with Crippen molar-refractivity contribution in [3.05, 3.63) is 39.6 Å². The molecule has 0 spiro atoms. The molecule has 1 amide bonds. The predicted molar refractivity (Wildman–Crippen MR) is 116 cm³/mol. The summed E-state index contributed by atoms with van der Waals surface area (Å²) in [6, 6.07) is 3.92. The van der Waals surface area contributed by atoms with Gasteiger partial charge in [-0.15, -0.1) is 10.2 Å². The van der Waals surface area contributed by atoms with E-state index in [4.69, 9.17) is 37.4 Å². The van der Waals surface area contributed by atoms with E-state index in [1.807, 2.05) is 0 Å². The Balaban J connectivity index is 1.64. The molecule has 178 valence electrons. The van der Waals surface area contributed by atoms with Crippen LogP contribution in [-0.2, 0) is 36.8 Å². The topological polar surface area (TPSA) is 135 Å². The molecular formula is C20H23Cl2N5O6. The molecule has 3 rings (SSSR count). The first kappa shape index (κ1) is 24.9. The molecule has 2 aromatic rings. The number of alkyl carbamates (subject to hydrolysis) is 1. The number of hydrogen-bond donors (Lipinski definition) is 1. The Kier molecular flexibility index (Phi) is 8.98. The summed E-state index contributed by atoms with van der Waals surface area (Å²) < 4.78 is 15.3. The van der Waals surface area contributed by atoms with Gasteiger partial charge in [-0.1, -0.05) is 29.3 Å². The number of amides is 1. The average Bonchev–Trinajstić information content (AvgIpc) is 3.42. The third kappa shape index (κ3) is 7.37. The number of ether oxygens (including phenoxy) is 3. The van der Waals surface area contributed by atoms with Crippen LogP contribution in [-0.4, -0.2) is 70.0 Å². The molecule has 2 atom stereocenters. The smallest absolute Gasteiger partial charge is 0.408 e. The second-order valence-electron chi connectivity index (χ2n) is 7.18. The van der Waals surface area contributed by atoms with Crippen LogP contribution in [0.5, 0.6) is 0 Å². The maximum atomic E-state index is 12.8. The second kappa shape index (κ2) is 11.9. The number of rotatable bonds is 10. The molecule has 2 unspecified atom stereocenters. The van der Waals surface area contributed by atoms with Crippen molar-refractivity contribution >= 4 is 41.0 Å². The minimum absolute atomic E-state index is 0.141. The van der Waals surface area contributed by atoms with Crippen LogP contribution in [0.25, 0.3) is 0 Å². The largest absolute Gasteiger partial charge is 0.466 e. The molecule has 11 nitrogen and oxygen atoms in total. The molecule has 0 aliphatic carbocycles. The fourth-order valence-electron chi connectivity index (χ4n) is 3.09. The number of hydrogen-bond acceptors (Lipinski definition) is 9. The Bertz CT molecular complexity index is 975. The number of tetrazole rings is 1. The first-order chi connectivity index (χ1) is 15.9. The van der Waals surface area contributed by atoms with E-state index in [9.17, 15) is 14.4 Å². The van der Waals surface area contributed by atoms with E-state index in [0.29, 0.717) is 34.5 Å². The number of aromatic nitrogens is 4. The fourth-order valence-corrected chi connectivity index (χ4v) is 3.62. The number of carbonyl (C=O) groups excluding carboxylic acids is 3. The van der Waals surface area contributed by atoms with Crippen LogP contribution in [0.4, 0.5) is 4.79 Å². The monoisotopic (exact) mass is 499 g/mol. The van der Waals surface area contributed by atoms with Gasteiger partial charge >= 0.3 is 12.1 Å². The lowest BCUT2D eigenvalue weighted by molar-refractivity contribution is -0.145. The van der Waals surface area contributed by atoms with Crippen molar-refractivity contribution in [2.24, 2.45) is 0 Å². The highest BCUT2D eigenvalue weighted by atomic mass is 35.5. The summed E-state index contributed by atoms with van der Waals surface area (Å²) in [7, 11) is 0. The van der Waals surface area contributed by atoms with Crippen LogP contribution in [0.2, 0.25) is 10.0 Å². The van der Waals surface area contributed by atoms with Gasteiger partial charge in [0, 0.05) is 22.9 Å². The van der Waals surface area contributed by atoms with Crippen LogP contribution < -0.4 is 5.32 Å². The Morgan fingerprint density at radius 1 is 1.30 bits per heavy atom. The number of benzene rings is 1. The summed E-state index contributed by atoms with van der Waals surface area (Å²) in [6.07, 6.45) is -0.814. The highest BCUT2D eigenvalue weighted by Gasteiger charge is 2.28. The van der Waals surface area contributed by atoms with Crippen LogP contribution in [0.1, 0.15) is 31.2 Å². The standard InChI is InChI=1S/C20H23Cl2N5O6/c1-2-32-19(29)9-16(23-20(30)33-12-6-7-31-11-12)17(28)10-27-25-18(24-26-27)8-13-14(21)4-3-5-15(13)22/h3-5,12,16H,2,6-11H2,1H3,(H,23,30). The summed E-state index contributed by atoms with van der Waals surface area (Å²) in [6.45, 7) is 2.22. The van der Waals surface area contributed by atoms with Gasteiger partial charge in [-0.05, 0) is 29.8 Å². The molecule has 1 aromatic heterocycles. The van der Waals surface area contributed by atoms with Crippen molar-refractivity contribution in [2.45, 2.75) is 44.9 Å². The molecule has 33 heavy (non-hydrogen) atoms. The van der Waals surface area contributed by atoms with E-state index in [1.165, 1.54) is 0 Å². The van der Waals surface area contributed by atoms with Crippen molar-refractivity contribution in [1.82, 2.24) is 25.5 Å².